The van der Waals surface area contributed by atoms with Crippen LogP contribution >= 0.6 is 45.2 Å². The first-order chi connectivity index (χ1) is 14.9. The summed E-state index contributed by atoms with van der Waals surface area (Å²) in [5, 5.41) is 0. The highest BCUT2D eigenvalue weighted by atomic mass is 127. The number of halogens is 2. The van der Waals surface area contributed by atoms with E-state index >= 15 is 0 Å². The van der Waals surface area contributed by atoms with Crippen LogP contribution in [0.2, 0.25) is 0 Å². The molecule has 2 aromatic carbocycles. The van der Waals surface area contributed by atoms with Gasteiger partial charge in [0, 0.05) is 24.9 Å². The van der Waals surface area contributed by atoms with Gasteiger partial charge in [-0.2, -0.15) is 0 Å². The Bertz CT molecular complexity index is 803. The van der Waals surface area contributed by atoms with E-state index in [4.69, 9.17) is 11.5 Å². The standard InChI is InChI=1S/C27H40I2N2/c1-5-9-13-18-15-20(26(30)24(28)22(18)11-7-3)17-21-16-19(14-10-6-2)23(12-8-4)25(29)27(21)31/h15-16H,5-14,17,30-31H2,1-4H3. The summed E-state index contributed by atoms with van der Waals surface area (Å²) in [6.45, 7) is 9.03. The minimum atomic E-state index is 0.820. The van der Waals surface area contributed by atoms with Crippen LogP contribution < -0.4 is 11.5 Å². The highest BCUT2D eigenvalue weighted by molar-refractivity contribution is 14.1. The Labute approximate surface area is 217 Å². The largest absolute Gasteiger partial charge is 0.398 e. The summed E-state index contributed by atoms with van der Waals surface area (Å²) in [6.07, 6.45) is 12.5. The van der Waals surface area contributed by atoms with Crippen molar-refractivity contribution in [2.45, 2.75) is 98.3 Å². The molecule has 0 spiro atoms. The maximum Gasteiger partial charge on any atom is 0.0488 e. The Morgan fingerprint density at radius 3 is 1.29 bits per heavy atom. The molecule has 0 saturated carbocycles. The van der Waals surface area contributed by atoms with Gasteiger partial charge in [-0.05, 0) is 117 Å². The maximum atomic E-state index is 6.69. The number of rotatable bonds is 12. The fraction of sp³-hybridized carbons (Fsp3) is 0.556. The van der Waals surface area contributed by atoms with E-state index < -0.39 is 0 Å². The Balaban J connectivity index is 2.53. The molecule has 172 valence electrons. The Kier molecular flexibility index (Phi) is 11.4. The quantitative estimate of drug-likeness (QED) is 0.180. The summed E-state index contributed by atoms with van der Waals surface area (Å²) in [4.78, 5) is 0. The van der Waals surface area contributed by atoms with Crippen LogP contribution in [-0.2, 0) is 32.1 Å². The normalized spacial score (nSPS) is 11.3. The van der Waals surface area contributed by atoms with Crippen LogP contribution in [0.25, 0.3) is 0 Å². The number of unbranched alkanes of at least 4 members (excludes halogenated alkanes) is 2. The van der Waals surface area contributed by atoms with Crippen molar-refractivity contribution in [3.8, 4) is 0 Å². The SMILES string of the molecule is CCCCc1cc(Cc2cc(CCCC)c(CCC)c(I)c2N)c(N)c(I)c1CCC. The molecule has 0 aliphatic heterocycles. The molecule has 2 rings (SSSR count). The Morgan fingerprint density at radius 2 is 0.968 bits per heavy atom. The monoisotopic (exact) mass is 646 g/mol. The van der Waals surface area contributed by atoms with E-state index in [0.717, 1.165) is 56.3 Å². The number of benzene rings is 2. The molecular weight excluding hydrogens is 606 g/mol. The van der Waals surface area contributed by atoms with Crippen molar-refractivity contribution in [2.24, 2.45) is 0 Å². The Hall–Kier alpha value is -0.500. The van der Waals surface area contributed by atoms with Gasteiger partial charge in [-0.1, -0.05) is 65.5 Å². The van der Waals surface area contributed by atoms with Crippen molar-refractivity contribution in [1.82, 2.24) is 0 Å². The van der Waals surface area contributed by atoms with Crippen molar-refractivity contribution in [1.29, 1.82) is 0 Å². The van der Waals surface area contributed by atoms with Crippen LogP contribution in [0.4, 0.5) is 11.4 Å². The third-order valence-electron chi connectivity index (χ3n) is 6.15. The molecule has 0 fully saturated rings. The summed E-state index contributed by atoms with van der Waals surface area (Å²) in [6, 6.07) is 4.77. The van der Waals surface area contributed by atoms with Crippen LogP contribution in [0, 0.1) is 7.14 Å². The fourth-order valence-corrected chi connectivity index (χ4v) is 6.28. The topological polar surface area (TPSA) is 52.0 Å². The van der Waals surface area contributed by atoms with E-state index in [1.807, 2.05) is 0 Å². The number of anilines is 2. The lowest BCUT2D eigenvalue weighted by molar-refractivity contribution is 0.776. The van der Waals surface area contributed by atoms with E-state index in [0.29, 0.717) is 0 Å². The van der Waals surface area contributed by atoms with Gasteiger partial charge in [-0.3, -0.25) is 0 Å². The molecule has 31 heavy (non-hydrogen) atoms. The summed E-state index contributed by atoms with van der Waals surface area (Å²) in [7, 11) is 0. The number of nitrogens with two attached hydrogens (primary N) is 2. The van der Waals surface area contributed by atoms with Crippen molar-refractivity contribution < 1.29 is 0 Å². The molecule has 0 saturated heterocycles. The molecule has 0 atom stereocenters. The van der Waals surface area contributed by atoms with Gasteiger partial charge in [0.1, 0.15) is 0 Å². The van der Waals surface area contributed by atoms with Crippen LogP contribution in [0.1, 0.15) is 99.6 Å². The summed E-state index contributed by atoms with van der Waals surface area (Å²) < 4.78 is 2.51. The lowest BCUT2D eigenvalue weighted by Gasteiger charge is -2.20. The molecule has 0 radical (unpaired) electrons. The van der Waals surface area contributed by atoms with Gasteiger partial charge in [0.05, 0.1) is 0 Å². The average molecular weight is 646 g/mol. The van der Waals surface area contributed by atoms with Crippen LogP contribution in [0.15, 0.2) is 12.1 Å². The molecule has 4 heteroatoms. The number of aryl methyl sites for hydroxylation is 2. The minimum Gasteiger partial charge on any atom is -0.398 e. The predicted molar refractivity (Wildman–Crippen MR) is 155 cm³/mol. The zero-order valence-corrected chi connectivity index (χ0v) is 24.2. The van der Waals surface area contributed by atoms with Crippen molar-refractivity contribution in [3.63, 3.8) is 0 Å². The van der Waals surface area contributed by atoms with Crippen LogP contribution in [0.3, 0.4) is 0 Å². The van der Waals surface area contributed by atoms with Gasteiger partial charge in [0.15, 0.2) is 0 Å². The fourth-order valence-electron chi connectivity index (χ4n) is 4.36. The number of hydrogen-bond acceptors (Lipinski definition) is 2. The van der Waals surface area contributed by atoms with Gasteiger partial charge >= 0.3 is 0 Å². The minimum absolute atomic E-state index is 0.820. The molecule has 0 aliphatic carbocycles. The first-order valence-electron chi connectivity index (χ1n) is 12.1. The van der Waals surface area contributed by atoms with E-state index in [1.165, 1.54) is 66.2 Å². The molecular formula is C27H40I2N2. The van der Waals surface area contributed by atoms with Crippen LogP contribution in [-0.4, -0.2) is 0 Å². The second-order valence-corrected chi connectivity index (χ2v) is 10.8. The summed E-state index contributed by atoms with van der Waals surface area (Å²) in [5.41, 5.74) is 23.7. The number of nitrogen functional groups attached to an aromatic ring is 2. The van der Waals surface area contributed by atoms with E-state index in [1.54, 1.807) is 0 Å². The maximum absolute atomic E-state index is 6.69. The number of hydrogen-bond donors (Lipinski definition) is 2. The molecule has 0 heterocycles. The third kappa shape index (κ3) is 6.75. The van der Waals surface area contributed by atoms with Gasteiger partial charge in [-0.15, -0.1) is 0 Å². The second kappa shape index (κ2) is 13.3. The Morgan fingerprint density at radius 1 is 0.581 bits per heavy atom. The van der Waals surface area contributed by atoms with E-state index in [2.05, 4.69) is 85.0 Å². The lowest BCUT2D eigenvalue weighted by atomic mass is 9.90. The zero-order valence-electron chi connectivity index (χ0n) is 19.8. The molecule has 2 aromatic rings. The van der Waals surface area contributed by atoms with Gasteiger partial charge in [0.25, 0.3) is 0 Å². The van der Waals surface area contributed by atoms with E-state index in [-0.39, 0.29) is 0 Å². The first-order valence-corrected chi connectivity index (χ1v) is 14.2. The summed E-state index contributed by atoms with van der Waals surface area (Å²) >= 11 is 4.95. The molecule has 0 bridgehead atoms. The van der Waals surface area contributed by atoms with Gasteiger partial charge in [-0.25, -0.2) is 0 Å². The van der Waals surface area contributed by atoms with E-state index in [9.17, 15) is 0 Å². The highest BCUT2D eigenvalue weighted by Gasteiger charge is 2.18. The zero-order chi connectivity index (χ0) is 23.0. The lowest BCUT2D eigenvalue weighted by Crippen LogP contribution is -2.10. The van der Waals surface area contributed by atoms with Crippen molar-refractivity contribution in [2.75, 3.05) is 11.5 Å². The molecule has 0 aliphatic rings. The third-order valence-corrected chi connectivity index (χ3v) is 8.61. The average Bonchev–Trinajstić information content (AvgIpc) is 2.76. The smallest absolute Gasteiger partial charge is 0.0488 e. The van der Waals surface area contributed by atoms with Crippen molar-refractivity contribution >= 4 is 56.6 Å². The van der Waals surface area contributed by atoms with Crippen molar-refractivity contribution in [3.05, 3.63) is 52.7 Å². The first kappa shape index (κ1) is 26.7. The molecule has 0 amide bonds. The van der Waals surface area contributed by atoms with Gasteiger partial charge in [0.2, 0.25) is 0 Å². The van der Waals surface area contributed by atoms with Crippen LogP contribution in [0.5, 0.6) is 0 Å². The molecule has 0 unspecified atom stereocenters. The molecule has 4 N–H and O–H groups in total. The van der Waals surface area contributed by atoms with Gasteiger partial charge < -0.3 is 11.5 Å². The predicted octanol–water partition coefficient (Wildman–Crippen LogP) is 8.24. The summed E-state index contributed by atoms with van der Waals surface area (Å²) in [5.74, 6) is 0. The second-order valence-electron chi connectivity index (χ2n) is 8.69. The highest BCUT2D eigenvalue weighted by Crippen LogP contribution is 2.35. The molecule has 0 aromatic heterocycles. The molecule has 2 nitrogen and oxygen atoms in total.